The van der Waals surface area contributed by atoms with Crippen LogP contribution >= 0.6 is 0 Å². The number of carbonyl (C=O) groups excluding carboxylic acids is 1. The van der Waals surface area contributed by atoms with Gasteiger partial charge in [0.25, 0.3) is 10.0 Å². The second kappa shape index (κ2) is 4.89. The second-order valence-electron chi connectivity index (χ2n) is 3.92. The van der Waals surface area contributed by atoms with Crippen molar-refractivity contribution in [1.29, 1.82) is 0 Å². The van der Waals surface area contributed by atoms with Crippen molar-refractivity contribution in [3.05, 3.63) is 40.8 Å². The van der Waals surface area contributed by atoms with E-state index in [1.807, 2.05) is 0 Å². The Balaban J connectivity index is 2.30. The summed E-state index contributed by atoms with van der Waals surface area (Å²) in [4.78, 5) is 21.7. The highest BCUT2D eigenvalue weighted by molar-refractivity contribution is 7.95. The SMILES string of the molecule is Cc1ccccc1OC(=O)C1=CC(C(=O)O)=NS1(=O)=O. The summed E-state index contributed by atoms with van der Waals surface area (Å²) in [6.45, 7) is 1.68. The first kappa shape index (κ1) is 13.9. The monoisotopic (exact) mass is 295 g/mol. The molecule has 104 valence electrons. The molecule has 1 aliphatic heterocycles. The minimum Gasteiger partial charge on any atom is -0.476 e. The minimum atomic E-state index is -4.32. The van der Waals surface area contributed by atoms with E-state index in [2.05, 4.69) is 4.40 Å². The molecule has 0 aromatic heterocycles. The maximum Gasteiger partial charge on any atom is 0.357 e. The lowest BCUT2D eigenvalue weighted by atomic mass is 10.2. The smallest absolute Gasteiger partial charge is 0.357 e. The number of aryl methyl sites for hydroxylation is 1. The summed E-state index contributed by atoms with van der Waals surface area (Å²) in [6.07, 6.45) is 0.679. The molecule has 0 saturated heterocycles. The number of carboxylic acid groups (broad SMARTS) is 1. The molecule has 1 heterocycles. The summed E-state index contributed by atoms with van der Waals surface area (Å²) in [5, 5.41) is 8.69. The van der Waals surface area contributed by atoms with Gasteiger partial charge in [0.15, 0.2) is 10.6 Å². The lowest BCUT2D eigenvalue weighted by Crippen LogP contribution is -2.16. The van der Waals surface area contributed by atoms with Gasteiger partial charge in [0.1, 0.15) is 5.75 Å². The van der Waals surface area contributed by atoms with Gasteiger partial charge in [-0.3, -0.25) is 0 Å². The van der Waals surface area contributed by atoms with Crippen molar-refractivity contribution in [2.75, 3.05) is 0 Å². The number of carbonyl (C=O) groups is 2. The zero-order valence-corrected chi connectivity index (χ0v) is 11.0. The normalized spacial score (nSPS) is 16.2. The summed E-state index contributed by atoms with van der Waals surface area (Å²) >= 11 is 0. The van der Waals surface area contributed by atoms with E-state index >= 15 is 0 Å². The molecule has 0 aliphatic carbocycles. The summed E-state index contributed by atoms with van der Waals surface area (Å²) < 4.78 is 31.1. The molecule has 0 spiro atoms. The van der Waals surface area contributed by atoms with Gasteiger partial charge in [0, 0.05) is 6.08 Å². The minimum absolute atomic E-state index is 0.192. The Morgan fingerprint density at radius 2 is 1.90 bits per heavy atom. The average Bonchev–Trinajstić information content (AvgIpc) is 2.68. The number of ether oxygens (including phenoxy) is 1. The van der Waals surface area contributed by atoms with Crippen LogP contribution < -0.4 is 4.74 Å². The van der Waals surface area contributed by atoms with Gasteiger partial charge in [-0.1, -0.05) is 18.2 Å². The van der Waals surface area contributed by atoms with E-state index in [9.17, 15) is 18.0 Å². The predicted molar refractivity (Wildman–Crippen MR) is 68.9 cm³/mol. The summed E-state index contributed by atoms with van der Waals surface area (Å²) in [7, 11) is -4.32. The third kappa shape index (κ3) is 2.59. The number of rotatable bonds is 3. The Morgan fingerprint density at radius 1 is 1.25 bits per heavy atom. The lowest BCUT2D eigenvalue weighted by molar-refractivity contribution is -0.130. The van der Waals surface area contributed by atoms with E-state index in [0.717, 1.165) is 0 Å². The molecule has 7 nitrogen and oxygen atoms in total. The van der Waals surface area contributed by atoms with Crippen molar-refractivity contribution < 1.29 is 27.9 Å². The van der Waals surface area contributed by atoms with E-state index < -0.39 is 32.6 Å². The van der Waals surface area contributed by atoms with Crippen LogP contribution in [0.25, 0.3) is 0 Å². The van der Waals surface area contributed by atoms with Gasteiger partial charge in [-0.05, 0) is 18.6 Å². The van der Waals surface area contributed by atoms with Gasteiger partial charge in [-0.25, -0.2) is 9.59 Å². The van der Waals surface area contributed by atoms with E-state index in [4.69, 9.17) is 9.84 Å². The van der Waals surface area contributed by atoms with Gasteiger partial charge >= 0.3 is 11.9 Å². The molecular weight excluding hydrogens is 286 g/mol. The molecule has 1 N–H and O–H groups in total. The van der Waals surface area contributed by atoms with Gasteiger partial charge in [-0.15, -0.1) is 0 Å². The largest absolute Gasteiger partial charge is 0.476 e. The van der Waals surface area contributed by atoms with Crippen LogP contribution in [0, 0.1) is 6.92 Å². The zero-order chi connectivity index (χ0) is 14.9. The van der Waals surface area contributed by atoms with Crippen LogP contribution in [0.2, 0.25) is 0 Å². The number of carboxylic acids is 1. The summed E-state index contributed by atoms with van der Waals surface area (Å²) in [5.74, 6) is -2.51. The highest BCUT2D eigenvalue weighted by Crippen LogP contribution is 2.22. The first-order valence-electron chi connectivity index (χ1n) is 5.39. The first-order valence-corrected chi connectivity index (χ1v) is 6.83. The van der Waals surface area contributed by atoms with E-state index in [1.54, 1.807) is 25.1 Å². The third-order valence-corrected chi connectivity index (χ3v) is 3.76. The molecule has 0 atom stereocenters. The Hall–Kier alpha value is -2.48. The average molecular weight is 295 g/mol. The Kier molecular flexibility index (Phi) is 3.41. The van der Waals surface area contributed by atoms with Crippen molar-refractivity contribution in [3.8, 4) is 5.75 Å². The van der Waals surface area contributed by atoms with Crippen LogP contribution in [0.15, 0.2) is 39.6 Å². The number of sulfonamides is 1. The Morgan fingerprint density at radius 3 is 2.45 bits per heavy atom. The quantitative estimate of drug-likeness (QED) is 0.647. The zero-order valence-electron chi connectivity index (χ0n) is 10.2. The van der Waals surface area contributed by atoms with Crippen LogP contribution in [-0.2, 0) is 19.6 Å². The molecule has 20 heavy (non-hydrogen) atoms. The summed E-state index contributed by atoms with van der Waals surface area (Å²) in [5.41, 5.74) is -0.0852. The molecule has 2 rings (SSSR count). The predicted octanol–water partition coefficient (Wildman–Crippen LogP) is 0.653. The fourth-order valence-corrected chi connectivity index (χ4v) is 2.49. The molecule has 0 bridgehead atoms. The molecule has 1 aliphatic rings. The molecule has 8 heteroatoms. The number of hydrogen-bond acceptors (Lipinski definition) is 5. The second-order valence-corrected chi connectivity index (χ2v) is 5.49. The fourth-order valence-electron chi connectivity index (χ4n) is 1.49. The topological polar surface area (TPSA) is 110 Å². The Labute approximate surface area is 114 Å². The molecule has 0 fully saturated rings. The van der Waals surface area contributed by atoms with Crippen LogP contribution in [0.3, 0.4) is 0 Å². The number of esters is 1. The third-order valence-electron chi connectivity index (χ3n) is 2.48. The van der Waals surface area contributed by atoms with Gasteiger partial charge in [-0.2, -0.15) is 12.8 Å². The lowest BCUT2D eigenvalue weighted by Gasteiger charge is -2.06. The number of para-hydroxylation sites is 1. The maximum absolute atomic E-state index is 11.8. The number of benzene rings is 1. The highest BCUT2D eigenvalue weighted by atomic mass is 32.2. The molecular formula is C12H9NO6S. The number of aliphatic carboxylic acids is 1. The van der Waals surface area contributed by atoms with E-state index in [0.29, 0.717) is 11.6 Å². The van der Waals surface area contributed by atoms with Gasteiger partial charge in [0.2, 0.25) is 0 Å². The molecule has 0 amide bonds. The summed E-state index contributed by atoms with van der Waals surface area (Å²) in [6, 6.07) is 6.52. The number of nitrogens with zero attached hydrogens (tertiary/aromatic N) is 1. The van der Waals surface area contributed by atoms with E-state index in [-0.39, 0.29) is 5.75 Å². The molecule has 0 saturated carbocycles. The van der Waals surface area contributed by atoms with Crippen LogP contribution in [0.4, 0.5) is 0 Å². The number of hydrogen-bond donors (Lipinski definition) is 1. The van der Waals surface area contributed by atoms with Crippen LogP contribution in [-0.4, -0.2) is 31.2 Å². The van der Waals surface area contributed by atoms with Crippen LogP contribution in [0.5, 0.6) is 5.75 Å². The van der Waals surface area contributed by atoms with Crippen molar-refractivity contribution in [2.24, 2.45) is 4.40 Å². The van der Waals surface area contributed by atoms with Gasteiger partial charge in [0.05, 0.1) is 0 Å². The highest BCUT2D eigenvalue weighted by Gasteiger charge is 2.34. The maximum atomic E-state index is 11.8. The van der Waals surface area contributed by atoms with Crippen molar-refractivity contribution in [2.45, 2.75) is 6.92 Å². The molecule has 1 aromatic rings. The standard InChI is InChI=1S/C12H9NO6S/c1-7-4-2-3-5-9(7)19-12(16)10-6-8(11(14)15)13-20(10,17)18/h2-6H,1H3,(H,14,15). The van der Waals surface area contributed by atoms with Gasteiger partial charge < -0.3 is 9.84 Å². The van der Waals surface area contributed by atoms with Crippen molar-refractivity contribution in [1.82, 2.24) is 0 Å². The van der Waals surface area contributed by atoms with E-state index in [1.165, 1.54) is 6.07 Å². The van der Waals surface area contributed by atoms with Crippen molar-refractivity contribution >= 4 is 27.7 Å². The molecule has 1 aromatic carbocycles. The fraction of sp³-hybridized carbons (Fsp3) is 0.0833. The van der Waals surface area contributed by atoms with Crippen molar-refractivity contribution in [3.63, 3.8) is 0 Å². The molecule has 0 radical (unpaired) electrons. The Bertz CT molecular complexity index is 760. The molecule has 0 unspecified atom stereocenters. The van der Waals surface area contributed by atoms with Crippen LogP contribution in [0.1, 0.15) is 5.56 Å². The first-order chi connectivity index (χ1) is 9.31.